The third kappa shape index (κ3) is 6.46. The summed E-state index contributed by atoms with van der Waals surface area (Å²) in [6.45, 7) is 8.83. The van der Waals surface area contributed by atoms with Crippen molar-refractivity contribution in [2.45, 2.75) is 26.9 Å². The minimum Gasteiger partial charge on any atom is -0.493 e. The fourth-order valence-corrected chi connectivity index (χ4v) is 3.23. The zero-order valence-electron chi connectivity index (χ0n) is 17.2. The van der Waals surface area contributed by atoms with Gasteiger partial charge >= 0.3 is 6.03 Å². The highest BCUT2D eigenvalue weighted by Crippen LogP contribution is 2.17. The van der Waals surface area contributed by atoms with Gasteiger partial charge in [0, 0.05) is 39.3 Å². The first kappa shape index (κ1) is 21.1. The lowest BCUT2D eigenvalue weighted by Crippen LogP contribution is -2.51. The van der Waals surface area contributed by atoms with Crippen LogP contribution in [0.4, 0.5) is 9.18 Å². The van der Waals surface area contributed by atoms with Crippen LogP contribution in [0.1, 0.15) is 25.0 Å². The van der Waals surface area contributed by atoms with E-state index in [0.717, 1.165) is 30.0 Å². The van der Waals surface area contributed by atoms with E-state index in [4.69, 9.17) is 4.74 Å². The molecule has 0 bridgehead atoms. The third-order valence-corrected chi connectivity index (χ3v) is 4.82. The zero-order valence-corrected chi connectivity index (χ0v) is 17.2. The Bertz CT molecular complexity index is 772. The molecule has 3 rings (SSSR count). The van der Waals surface area contributed by atoms with Gasteiger partial charge in [0.05, 0.1) is 6.61 Å². The molecule has 0 aliphatic carbocycles. The number of urea groups is 1. The maximum atomic E-state index is 13.3. The Morgan fingerprint density at radius 3 is 2.14 bits per heavy atom. The Morgan fingerprint density at radius 2 is 1.59 bits per heavy atom. The Labute approximate surface area is 172 Å². The number of halogens is 1. The maximum absolute atomic E-state index is 13.3. The largest absolute Gasteiger partial charge is 0.493 e. The van der Waals surface area contributed by atoms with Crippen LogP contribution in [0.5, 0.6) is 5.75 Å². The molecule has 1 N–H and O–H groups in total. The molecule has 5 nitrogen and oxygen atoms in total. The summed E-state index contributed by atoms with van der Waals surface area (Å²) >= 11 is 0. The lowest BCUT2D eigenvalue weighted by molar-refractivity contribution is 0.141. The minimum absolute atomic E-state index is 0.0101. The molecule has 0 aromatic heterocycles. The summed E-state index contributed by atoms with van der Waals surface area (Å²) < 4.78 is 19.0. The van der Waals surface area contributed by atoms with E-state index in [1.165, 1.54) is 12.1 Å². The number of nitrogens with zero attached hydrogens (tertiary/aromatic N) is 2. The van der Waals surface area contributed by atoms with Crippen LogP contribution in [0.3, 0.4) is 0 Å². The molecule has 156 valence electrons. The molecule has 0 spiro atoms. The molecule has 2 amide bonds. The fraction of sp³-hybridized carbons (Fsp3) is 0.435. The van der Waals surface area contributed by atoms with Gasteiger partial charge in [0.2, 0.25) is 0 Å². The number of benzene rings is 2. The summed E-state index contributed by atoms with van der Waals surface area (Å²) in [7, 11) is 0. The van der Waals surface area contributed by atoms with Crippen LogP contribution < -0.4 is 10.1 Å². The SMILES string of the molecule is CC(C)COc1ccc(CN(Cc2ccc(F)cc2)C(=O)N2CCNCC2)cc1. The molecule has 0 radical (unpaired) electrons. The van der Waals surface area contributed by atoms with E-state index in [1.807, 2.05) is 34.1 Å². The molecule has 1 aliphatic rings. The lowest BCUT2D eigenvalue weighted by Gasteiger charge is -2.33. The number of carbonyl (C=O) groups excluding carboxylic acids is 1. The molecule has 6 heteroatoms. The molecule has 1 saturated heterocycles. The van der Waals surface area contributed by atoms with Crippen LogP contribution in [-0.4, -0.2) is 48.6 Å². The van der Waals surface area contributed by atoms with Crippen molar-refractivity contribution in [2.75, 3.05) is 32.8 Å². The van der Waals surface area contributed by atoms with Gasteiger partial charge in [-0.1, -0.05) is 38.1 Å². The number of amides is 2. The topological polar surface area (TPSA) is 44.8 Å². The standard InChI is InChI=1S/C23H30FN3O2/c1-18(2)17-29-22-9-5-20(6-10-22)16-27(15-19-3-7-21(24)8-4-19)23(28)26-13-11-25-12-14-26/h3-10,18,25H,11-17H2,1-2H3. The number of ether oxygens (including phenoxy) is 1. The van der Waals surface area contributed by atoms with Crippen molar-refractivity contribution in [1.29, 1.82) is 0 Å². The Kier molecular flexibility index (Phi) is 7.47. The van der Waals surface area contributed by atoms with E-state index in [9.17, 15) is 9.18 Å². The molecular formula is C23H30FN3O2. The predicted octanol–water partition coefficient (Wildman–Crippen LogP) is 3.89. The molecule has 29 heavy (non-hydrogen) atoms. The number of hydrogen-bond acceptors (Lipinski definition) is 3. The van der Waals surface area contributed by atoms with E-state index >= 15 is 0 Å². The van der Waals surface area contributed by atoms with Gasteiger partial charge in [-0.2, -0.15) is 0 Å². The zero-order chi connectivity index (χ0) is 20.6. The first-order valence-corrected chi connectivity index (χ1v) is 10.2. The van der Waals surface area contributed by atoms with Gasteiger partial charge in [-0.05, 0) is 41.3 Å². The van der Waals surface area contributed by atoms with Crippen molar-refractivity contribution in [3.05, 3.63) is 65.5 Å². The molecule has 0 atom stereocenters. The van der Waals surface area contributed by atoms with Gasteiger partial charge in [-0.15, -0.1) is 0 Å². The Morgan fingerprint density at radius 1 is 1.03 bits per heavy atom. The minimum atomic E-state index is -0.272. The summed E-state index contributed by atoms with van der Waals surface area (Å²) in [5.41, 5.74) is 1.94. The Hall–Kier alpha value is -2.60. The quantitative estimate of drug-likeness (QED) is 0.768. The molecule has 1 fully saturated rings. The molecule has 0 unspecified atom stereocenters. The molecule has 1 aliphatic heterocycles. The first-order valence-electron chi connectivity index (χ1n) is 10.2. The highest BCUT2D eigenvalue weighted by Gasteiger charge is 2.23. The second kappa shape index (κ2) is 10.3. The van der Waals surface area contributed by atoms with Crippen molar-refractivity contribution >= 4 is 6.03 Å². The van der Waals surface area contributed by atoms with Crippen molar-refractivity contribution in [3.8, 4) is 5.75 Å². The van der Waals surface area contributed by atoms with E-state index in [1.54, 1.807) is 12.1 Å². The van der Waals surface area contributed by atoms with Crippen LogP contribution in [-0.2, 0) is 13.1 Å². The predicted molar refractivity (Wildman–Crippen MR) is 112 cm³/mol. The smallest absolute Gasteiger partial charge is 0.320 e. The van der Waals surface area contributed by atoms with Gasteiger partial charge in [-0.25, -0.2) is 9.18 Å². The molecule has 2 aromatic rings. The summed E-state index contributed by atoms with van der Waals surface area (Å²) in [4.78, 5) is 16.8. The highest BCUT2D eigenvalue weighted by atomic mass is 19.1. The van der Waals surface area contributed by atoms with Crippen molar-refractivity contribution in [1.82, 2.24) is 15.1 Å². The summed E-state index contributed by atoms with van der Waals surface area (Å²) in [5.74, 6) is 1.03. The van der Waals surface area contributed by atoms with Gasteiger partial charge in [-0.3, -0.25) is 0 Å². The second-order valence-corrected chi connectivity index (χ2v) is 7.85. The van der Waals surface area contributed by atoms with Crippen molar-refractivity contribution in [2.24, 2.45) is 5.92 Å². The van der Waals surface area contributed by atoms with Crippen molar-refractivity contribution in [3.63, 3.8) is 0 Å². The van der Waals surface area contributed by atoms with Crippen LogP contribution in [0.2, 0.25) is 0 Å². The average Bonchev–Trinajstić information content (AvgIpc) is 2.74. The van der Waals surface area contributed by atoms with E-state index in [0.29, 0.717) is 38.7 Å². The van der Waals surface area contributed by atoms with Gasteiger partial charge in [0.25, 0.3) is 0 Å². The lowest BCUT2D eigenvalue weighted by atomic mass is 10.1. The number of hydrogen-bond donors (Lipinski definition) is 1. The summed E-state index contributed by atoms with van der Waals surface area (Å²) in [5, 5.41) is 3.27. The van der Waals surface area contributed by atoms with E-state index in [2.05, 4.69) is 19.2 Å². The van der Waals surface area contributed by atoms with Gasteiger partial charge in [0.1, 0.15) is 11.6 Å². The molecule has 0 saturated carbocycles. The monoisotopic (exact) mass is 399 g/mol. The maximum Gasteiger partial charge on any atom is 0.320 e. The second-order valence-electron chi connectivity index (χ2n) is 7.85. The van der Waals surface area contributed by atoms with E-state index < -0.39 is 0 Å². The number of rotatable bonds is 7. The Balaban J connectivity index is 1.71. The van der Waals surface area contributed by atoms with Crippen molar-refractivity contribution < 1.29 is 13.9 Å². The molecule has 2 aromatic carbocycles. The highest BCUT2D eigenvalue weighted by molar-refractivity contribution is 5.74. The number of carbonyl (C=O) groups is 1. The van der Waals surface area contributed by atoms with Gasteiger partial charge < -0.3 is 19.9 Å². The summed E-state index contributed by atoms with van der Waals surface area (Å²) in [6.07, 6.45) is 0. The summed E-state index contributed by atoms with van der Waals surface area (Å²) in [6, 6.07) is 14.2. The number of nitrogens with one attached hydrogen (secondary N) is 1. The molecular weight excluding hydrogens is 369 g/mol. The average molecular weight is 400 g/mol. The normalized spacial score (nSPS) is 14.1. The van der Waals surface area contributed by atoms with Crippen LogP contribution in [0.25, 0.3) is 0 Å². The van der Waals surface area contributed by atoms with E-state index in [-0.39, 0.29) is 11.8 Å². The van der Waals surface area contributed by atoms with Crippen LogP contribution >= 0.6 is 0 Å². The van der Waals surface area contributed by atoms with Crippen LogP contribution in [0, 0.1) is 11.7 Å². The number of piperazine rings is 1. The first-order chi connectivity index (χ1) is 14.0. The molecule has 1 heterocycles. The third-order valence-electron chi connectivity index (χ3n) is 4.82. The van der Waals surface area contributed by atoms with Crippen LogP contribution in [0.15, 0.2) is 48.5 Å². The fourth-order valence-electron chi connectivity index (χ4n) is 3.23. The van der Waals surface area contributed by atoms with Gasteiger partial charge in [0.15, 0.2) is 0 Å².